The highest BCUT2D eigenvalue weighted by atomic mass is 35.5. The predicted molar refractivity (Wildman–Crippen MR) is 77.0 cm³/mol. The number of benzene rings is 1. The van der Waals surface area contributed by atoms with E-state index < -0.39 is 24.2 Å². The number of carbonyl (C=O) groups excluding carboxylic acids is 2. The Labute approximate surface area is 134 Å². The fourth-order valence-electron chi connectivity index (χ4n) is 1.59. The van der Waals surface area contributed by atoms with Gasteiger partial charge in [-0.2, -0.15) is 10.5 Å². The van der Waals surface area contributed by atoms with Gasteiger partial charge in [-0.25, -0.2) is 0 Å². The second-order valence-corrected chi connectivity index (χ2v) is 5.07. The molecular formula is C12H7Cl3N4O2. The lowest BCUT2D eigenvalue weighted by Gasteiger charge is -2.14. The maximum atomic E-state index is 12.2. The van der Waals surface area contributed by atoms with Crippen LogP contribution in [0.25, 0.3) is 0 Å². The van der Waals surface area contributed by atoms with E-state index in [1.807, 2.05) is 0 Å². The zero-order valence-corrected chi connectivity index (χ0v) is 12.6. The summed E-state index contributed by atoms with van der Waals surface area (Å²) in [5.41, 5.74) is 9.62. The van der Waals surface area contributed by atoms with Crippen LogP contribution in [0.5, 0.6) is 0 Å². The Kier molecular flexibility index (Phi) is 5.54. The molecule has 1 amide bonds. The number of halogens is 3. The van der Waals surface area contributed by atoms with Crippen LogP contribution in [0.15, 0.2) is 0 Å². The normalized spacial score (nSPS) is 11.3. The molecule has 0 radical (unpaired) electrons. The molecular weight excluding hydrogens is 339 g/mol. The van der Waals surface area contributed by atoms with Crippen LogP contribution in [-0.2, 0) is 4.79 Å². The van der Waals surface area contributed by atoms with E-state index in [0.29, 0.717) is 0 Å². The minimum atomic E-state index is -1.30. The monoisotopic (exact) mass is 344 g/mol. The number of amides is 1. The molecule has 0 bridgehead atoms. The second-order valence-electron chi connectivity index (χ2n) is 3.93. The van der Waals surface area contributed by atoms with Crippen LogP contribution >= 0.6 is 34.8 Å². The van der Waals surface area contributed by atoms with E-state index in [1.165, 1.54) is 0 Å². The number of nitrogens with zero attached hydrogens (tertiary/aromatic N) is 2. The van der Waals surface area contributed by atoms with Gasteiger partial charge in [0.05, 0.1) is 37.8 Å². The molecule has 1 rings (SSSR count). The summed E-state index contributed by atoms with van der Waals surface area (Å²) in [7, 11) is 0. The Balaban J connectivity index is 3.58. The van der Waals surface area contributed by atoms with Crippen molar-refractivity contribution in [3.8, 4) is 12.1 Å². The van der Waals surface area contributed by atoms with E-state index in [0.717, 1.165) is 0 Å². The lowest BCUT2D eigenvalue weighted by Crippen LogP contribution is -2.35. The third-order valence-corrected chi connectivity index (χ3v) is 3.78. The van der Waals surface area contributed by atoms with Gasteiger partial charge in [-0.3, -0.25) is 9.59 Å². The number of Topliss-reactive ketones (excluding diaryl/α,β-unsaturated/α-hetero) is 1. The van der Waals surface area contributed by atoms with Crippen molar-refractivity contribution in [2.75, 3.05) is 0 Å². The van der Waals surface area contributed by atoms with E-state index in [-0.39, 0.29) is 31.8 Å². The van der Waals surface area contributed by atoms with Gasteiger partial charge in [-0.1, -0.05) is 34.8 Å². The molecule has 6 nitrogen and oxygen atoms in total. The van der Waals surface area contributed by atoms with Crippen LogP contribution in [0.3, 0.4) is 0 Å². The molecule has 0 saturated carbocycles. The Morgan fingerprint density at radius 1 is 1.05 bits per heavy atom. The molecule has 0 aliphatic heterocycles. The average Bonchev–Trinajstić information content (AvgIpc) is 2.41. The van der Waals surface area contributed by atoms with Crippen molar-refractivity contribution in [2.45, 2.75) is 12.5 Å². The van der Waals surface area contributed by atoms with E-state index in [4.69, 9.17) is 56.8 Å². The number of hydrogen-bond donors (Lipinski definition) is 2. The largest absolute Gasteiger partial charge is 0.370 e. The van der Waals surface area contributed by atoms with Crippen LogP contribution < -0.4 is 11.5 Å². The highest BCUT2D eigenvalue weighted by Gasteiger charge is 2.29. The number of nitrogens with two attached hydrogens (primary N) is 2. The first-order valence-electron chi connectivity index (χ1n) is 5.34. The molecule has 0 aliphatic carbocycles. The van der Waals surface area contributed by atoms with Gasteiger partial charge in [0, 0.05) is 6.42 Å². The zero-order valence-electron chi connectivity index (χ0n) is 10.3. The molecule has 4 N–H and O–H groups in total. The van der Waals surface area contributed by atoms with Crippen LogP contribution in [-0.4, -0.2) is 17.7 Å². The summed E-state index contributed by atoms with van der Waals surface area (Å²) in [4.78, 5) is 23.0. The summed E-state index contributed by atoms with van der Waals surface area (Å²) in [6, 6.07) is 2.07. The summed E-state index contributed by atoms with van der Waals surface area (Å²) in [5, 5.41) is 17.2. The Morgan fingerprint density at radius 3 is 2.00 bits per heavy atom. The van der Waals surface area contributed by atoms with Gasteiger partial charge in [0.15, 0.2) is 5.78 Å². The highest BCUT2D eigenvalue weighted by Crippen LogP contribution is 2.38. The summed E-state index contributed by atoms with van der Waals surface area (Å²) >= 11 is 17.7. The molecule has 0 heterocycles. The van der Waals surface area contributed by atoms with E-state index >= 15 is 0 Å². The fraction of sp³-hybridized carbons (Fsp3) is 0.167. The fourth-order valence-corrected chi connectivity index (χ4v) is 2.42. The molecule has 0 saturated heterocycles. The first-order chi connectivity index (χ1) is 9.76. The van der Waals surface area contributed by atoms with Crippen molar-refractivity contribution < 1.29 is 9.59 Å². The topological polar surface area (TPSA) is 134 Å². The van der Waals surface area contributed by atoms with Crippen LogP contribution in [0.4, 0.5) is 0 Å². The minimum Gasteiger partial charge on any atom is -0.370 e. The lowest BCUT2D eigenvalue weighted by atomic mass is 9.96. The maximum absolute atomic E-state index is 12.2. The molecule has 0 unspecified atom stereocenters. The molecule has 108 valence electrons. The smallest absolute Gasteiger partial charge is 0.219 e. The quantitative estimate of drug-likeness (QED) is 0.633. The van der Waals surface area contributed by atoms with E-state index in [1.54, 1.807) is 12.1 Å². The molecule has 0 aliphatic rings. The Bertz CT molecular complexity index is 719. The lowest BCUT2D eigenvalue weighted by molar-refractivity contribution is -0.118. The number of ketones is 1. The van der Waals surface area contributed by atoms with Crippen molar-refractivity contribution in [3.05, 3.63) is 31.8 Å². The third kappa shape index (κ3) is 3.26. The van der Waals surface area contributed by atoms with E-state index in [2.05, 4.69) is 0 Å². The van der Waals surface area contributed by atoms with Crippen molar-refractivity contribution in [1.82, 2.24) is 0 Å². The molecule has 1 aromatic carbocycles. The van der Waals surface area contributed by atoms with Gasteiger partial charge in [-0.15, -0.1) is 0 Å². The minimum absolute atomic E-state index is 0.222. The molecule has 21 heavy (non-hydrogen) atoms. The van der Waals surface area contributed by atoms with Gasteiger partial charge in [0.1, 0.15) is 12.1 Å². The van der Waals surface area contributed by atoms with Crippen molar-refractivity contribution in [2.24, 2.45) is 11.5 Å². The third-order valence-electron chi connectivity index (χ3n) is 2.55. The van der Waals surface area contributed by atoms with Gasteiger partial charge in [0.25, 0.3) is 0 Å². The number of nitriles is 2. The van der Waals surface area contributed by atoms with Crippen LogP contribution in [0.1, 0.15) is 27.9 Å². The zero-order chi connectivity index (χ0) is 16.3. The number of hydrogen-bond acceptors (Lipinski definition) is 5. The highest BCUT2D eigenvalue weighted by molar-refractivity contribution is 6.47. The van der Waals surface area contributed by atoms with Crippen molar-refractivity contribution in [1.29, 1.82) is 10.5 Å². The summed E-state index contributed by atoms with van der Waals surface area (Å²) < 4.78 is 0. The van der Waals surface area contributed by atoms with Crippen LogP contribution in [0, 0.1) is 22.7 Å². The summed E-state index contributed by atoms with van der Waals surface area (Å²) in [6.07, 6.45) is -0.435. The molecule has 1 atom stereocenters. The van der Waals surface area contributed by atoms with Crippen LogP contribution in [0.2, 0.25) is 15.1 Å². The molecule has 1 aromatic rings. The molecule has 0 fully saturated rings. The standard InChI is InChI=1S/C12H7Cl3N4O2/c13-9-4(2-16)8(11(15)10(14)5(9)3-17)12(21)6(18)1-7(19)20/h6H,1,18H2,(H2,19,20)/t6-/m0/s1. The Morgan fingerprint density at radius 2 is 1.57 bits per heavy atom. The van der Waals surface area contributed by atoms with Gasteiger partial charge in [-0.05, 0) is 0 Å². The van der Waals surface area contributed by atoms with Crippen molar-refractivity contribution in [3.63, 3.8) is 0 Å². The number of primary amides is 1. The number of carbonyl (C=O) groups is 2. The Hall–Kier alpha value is -1.83. The van der Waals surface area contributed by atoms with Gasteiger partial charge < -0.3 is 11.5 Å². The summed E-state index contributed by atoms with van der Waals surface area (Å²) in [6.45, 7) is 0. The maximum Gasteiger partial charge on any atom is 0.219 e. The first-order valence-corrected chi connectivity index (χ1v) is 6.48. The van der Waals surface area contributed by atoms with Gasteiger partial charge >= 0.3 is 0 Å². The molecule has 9 heteroatoms. The summed E-state index contributed by atoms with van der Waals surface area (Å²) in [5.74, 6) is -1.61. The van der Waals surface area contributed by atoms with E-state index in [9.17, 15) is 9.59 Å². The molecule has 0 spiro atoms. The predicted octanol–water partition coefficient (Wildman–Crippen LogP) is 1.78. The van der Waals surface area contributed by atoms with Gasteiger partial charge in [0.2, 0.25) is 5.91 Å². The number of rotatable bonds is 4. The van der Waals surface area contributed by atoms with Crippen molar-refractivity contribution >= 4 is 46.5 Å². The SMILES string of the molecule is N#Cc1c(Cl)c(Cl)c(C(=O)[C@@H](N)CC(N)=O)c(C#N)c1Cl. The first kappa shape index (κ1) is 17.2. The molecule has 0 aromatic heterocycles. The average molecular weight is 346 g/mol. The second kappa shape index (κ2) is 6.75.